The Bertz CT molecular complexity index is 499. The van der Waals surface area contributed by atoms with E-state index < -0.39 is 0 Å². The lowest BCUT2D eigenvalue weighted by molar-refractivity contribution is -0.0749. The van der Waals surface area contributed by atoms with Crippen LogP contribution in [-0.4, -0.2) is 0 Å². The van der Waals surface area contributed by atoms with Crippen molar-refractivity contribution in [2.24, 2.45) is 29.0 Å². The minimum absolute atomic E-state index is 0.0975. The van der Waals surface area contributed by atoms with E-state index in [0.29, 0.717) is 0 Å². The number of hydrogen-bond acceptors (Lipinski definition) is 2. The molecule has 1 atom stereocenters. The summed E-state index contributed by atoms with van der Waals surface area (Å²) in [6.45, 7) is 1.96. The molecule has 0 heterocycles. The summed E-state index contributed by atoms with van der Waals surface area (Å²) >= 11 is 0. The van der Waals surface area contributed by atoms with Crippen molar-refractivity contribution in [1.29, 1.82) is 0 Å². The Morgan fingerprint density at radius 1 is 1.10 bits per heavy atom. The Kier molecular flexibility index (Phi) is 3.13. The molecule has 114 valence electrons. The van der Waals surface area contributed by atoms with Crippen molar-refractivity contribution < 1.29 is 4.39 Å². The van der Waals surface area contributed by atoms with Gasteiger partial charge in [-0.15, -0.1) is 0 Å². The predicted molar refractivity (Wildman–Crippen MR) is 81.8 cm³/mol. The molecule has 0 amide bonds. The number of nitrogens with two attached hydrogens (primary N) is 1. The predicted octanol–water partition coefficient (Wildman–Crippen LogP) is 3.85. The molecule has 3 N–H and O–H groups in total. The van der Waals surface area contributed by atoms with Crippen molar-refractivity contribution in [2.75, 3.05) is 0 Å². The van der Waals surface area contributed by atoms with Crippen molar-refractivity contribution in [3.8, 4) is 0 Å². The largest absolute Gasteiger partial charge is 0.271 e. The average Bonchev–Trinajstić information content (AvgIpc) is 2.36. The smallest absolute Gasteiger partial charge is 0.123 e. The van der Waals surface area contributed by atoms with Crippen molar-refractivity contribution in [3.63, 3.8) is 0 Å². The third-order valence-electron chi connectivity index (χ3n) is 6.26. The van der Waals surface area contributed by atoms with E-state index in [1.807, 2.05) is 6.92 Å². The fourth-order valence-corrected chi connectivity index (χ4v) is 6.09. The maximum absolute atomic E-state index is 13.8. The normalized spacial score (nSPS) is 38.7. The molecule has 1 unspecified atom stereocenters. The molecule has 4 aliphatic carbocycles. The van der Waals surface area contributed by atoms with Gasteiger partial charge in [0.2, 0.25) is 0 Å². The Morgan fingerprint density at radius 2 is 1.67 bits per heavy atom. The summed E-state index contributed by atoms with van der Waals surface area (Å²) in [6.07, 6.45) is 8.05. The van der Waals surface area contributed by atoms with Gasteiger partial charge in [0.25, 0.3) is 0 Å². The summed E-state index contributed by atoms with van der Waals surface area (Å²) < 4.78 is 13.8. The van der Waals surface area contributed by atoms with Crippen LogP contribution in [0.25, 0.3) is 0 Å². The summed E-state index contributed by atoms with van der Waals surface area (Å²) in [5, 5.41) is 0. The maximum atomic E-state index is 13.8. The molecule has 4 saturated carbocycles. The Hall–Kier alpha value is -0.930. The molecule has 1 aromatic rings. The standard InChI is InChI=1S/C18H25FN2/c1-11-2-15(7-16(19)3-11)17(21-20)18-8-12-4-13(9-18)6-14(5-12)10-18/h2-3,7,12-14,17,21H,4-6,8-10,20H2,1H3. The monoisotopic (exact) mass is 288 g/mol. The molecule has 0 radical (unpaired) electrons. The van der Waals surface area contributed by atoms with E-state index >= 15 is 0 Å². The molecular formula is C18H25FN2. The zero-order chi connectivity index (χ0) is 14.6. The fourth-order valence-electron chi connectivity index (χ4n) is 6.09. The van der Waals surface area contributed by atoms with Gasteiger partial charge in [-0.1, -0.05) is 6.07 Å². The van der Waals surface area contributed by atoms with Gasteiger partial charge in [0.1, 0.15) is 5.82 Å². The molecule has 0 aliphatic heterocycles. The number of rotatable bonds is 3. The zero-order valence-electron chi connectivity index (χ0n) is 12.7. The Labute approximate surface area is 126 Å². The van der Waals surface area contributed by atoms with Gasteiger partial charge >= 0.3 is 0 Å². The van der Waals surface area contributed by atoms with Gasteiger partial charge in [-0.2, -0.15) is 0 Å². The van der Waals surface area contributed by atoms with E-state index in [9.17, 15) is 4.39 Å². The molecule has 1 aromatic carbocycles. The topological polar surface area (TPSA) is 38.0 Å². The third kappa shape index (κ3) is 2.22. The van der Waals surface area contributed by atoms with Crippen LogP contribution in [0.3, 0.4) is 0 Å². The highest BCUT2D eigenvalue weighted by atomic mass is 19.1. The molecule has 0 aromatic heterocycles. The van der Waals surface area contributed by atoms with Crippen LogP contribution in [0.5, 0.6) is 0 Å². The van der Waals surface area contributed by atoms with Gasteiger partial charge in [-0.3, -0.25) is 11.3 Å². The van der Waals surface area contributed by atoms with Crippen LogP contribution >= 0.6 is 0 Å². The van der Waals surface area contributed by atoms with Crippen LogP contribution in [0.2, 0.25) is 0 Å². The minimum Gasteiger partial charge on any atom is -0.271 e. The van der Waals surface area contributed by atoms with Gasteiger partial charge in [0.05, 0.1) is 6.04 Å². The second-order valence-electron chi connectivity index (χ2n) is 7.94. The number of aryl methyl sites for hydroxylation is 1. The van der Waals surface area contributed by atoms with Crippen LogP contribution in [0.15, 0.2) is 18.2 Å². The Morgan fingerprint density at radius 3 is 2.14 bits per heavy atom. The van der Waals surface area contributed by atoms with E-state index in [1.165, 1.54) is 38.5 Å². The molecule has 3 heteroatoms. The first-order chi connectivity index (χ1) is 10.1. The fraction of sp³-hybridized carbons (Fsp3) is 0.667. The second kappa shape index (κ2) is 4.79. The Balaban J connectivity index is 1.72. The van der Waals surface area contributed by atoms with Crippen LogP contribution in [0.4, 0.5) is 4.39 Å². The zero-order valence-corrected chi connectivity index (χ0v) is 12.7. The summed E-state index contributed by atoms with van der Waals surface area (Å²) in [4.78, 5) is 0. The van der Waals surface area contributed by atoms with Crippen LogP contribution in [0.1, 0.15) is 55.7 Å². The lowest BCUT2D eigenvalue weighted by atomic mass is 9.47. The summed E-state index contributed by atoms with van der Waals surface area (Å²) in [6, 6.07) is 5.47. The van der Waals surface area contributed by atoms with Gasteiger partial charge in [0.15, 0.2) is 0 Å². The quantitative estimate of drug-likeness (QED) is 0.655. The molecule has 4 fully saturated rings. The maximum Gasteiger partial charge on any atom is 0.123 e. The highest BCUT2D eigenvalue weighted by Gasteiger charge is 2.54. The average molecular weight is 288 g/mol. The number of hydrogen-bond donors (Lipinski definition) is 2. The van der Waals surface area contributed by atoms with Gasteiger partial charge < -0.3 is 0 Å². The third-order valence-corrected chi connectivity index (χ3v) is 6.26. The summed E-state index contributed by atoms with van der Waals surface area (Å²) in [5.41, 5.74) is 5.34. The number of hydrazine groups is 1. The van der Waals surface area contributed by atoms with Crippen molar-refractivity contribution in [1.82, 2.24) is 5.43 Å². The van der Waals surface area contributed by atoms with Gasteiger partial charge in [-0.25, -0.2) is 4.39 Å². The second-order valence-corrected chi connectivity index (χ2v) is 7.94. The van der Waals surface area contributed by atoms with E-state index in [-0.39, 0.29) is 17.3 Å². The number of benzene rings is 1. The lowest BCUT2D eigenvalue weighted by Gasteiger charge is -2.59. The van der Waals surface area contributed by atoms with Crippen LogP contribution < -0.4 is 11.3 Å². The molecule has 5 rings (SSSR count). The van der Waals surface area contributed by atoms with Gasteiger partial charge in [0, 0.05) is 0 Å². The van der Waals surface area contributed by atoms with Crippen LogP contribution in [-0.2, 0) is 0 Å². The first kappa shape index (κ1) is 13.7. The lowest BCUT2D eigenvalue weighted by Crippen LogP contribution is -2.53. The van der Waals surface area contributed by atoms with Crippen molar-refractivity contribution in [3.05, 3.63) is 35.1 Å². The highest BCUT2D eigenvalue weighted by molar-refractivity contribution is 5.29. The number of halogens is 1. The first-order valence-corrected chi connectivity index (χ1v) is 8.31. The van der Waals surface area contributed by atoms with E-state index in [2.05, 4.69) is 11.5 Å². The van der Waals surface area contributed by atoms with E-state index in [0.717, 1.165) is 28.9 Å². The molecule has 0 saturated heterocycles. The highest BCUT2D eigenvalue weighted by Crippen LogP contribution is 2.63. The molecule has 21 heavy (non-hydrogen) atoms. The van der Waals surface area contributed by atoms with Crippen molar-refractivity contribution in [2.45, 2.75) is 51.5 Å². The molecular weight excluding hydrogens is 263 g/mol. The van der Waals surface area contributed by atoms with E-state index in [4.69, 9.17) is 5.84 Å². The molecule has 4 bridgehead atoms. The molecule has 4 aliphatic rings. The van der Waals surface area contributed by atoms with E-state index in [1.54, 1.807) is 12.1 Å². The number of nitrogens with one attached hydrogen (secondary N) is 1. The van der Waals surface area contributed by atoms with Gasteiger partial charge in [-0.05, 0) is 91.9 Å². The SMILES string of the molecule is Cc1cc(F)cc(C(NN)C23CC4CC(CC(C4)C2)C3)c1. The summed E-state index contributed by atoms with van der Waals surface area (Å²) in [7, 11) is 0. The molecule has 2 nitrogen and oxygen atoms in total. The van der Waals surface area contributed by atoms with Crippen LogP contribution in [0, 0.1) is 35.9 Å². The first-order valence-electron chi connectivity index (χ1n) is 8.31. The summed E-state index contributed by atoms with van der Waals surface area (Å²) in [5.74, 6) is 8.44. The molecule has 0 spiro atoms. The minimum atomic E-state index is -0.144. The van der Waals surface area contributed by atoms with Crippen molar-refractivity contribution >= 4 is 0 Å².